The number of rotatable bonds is 19. The van der Waals surface area contributed by atoms with E-state index < -0.39 is 75.8 Å². The summed E-state index contributed by atoms with van der Waals surface area (Å²) in [7, 11) is -17.0. The lowest BCUT2D eigenvalue weighted by atomic mass is 10.1. The van der Waals surface area contributed by atoms with Crippen molar-refractivity contribution in [3.8, 4) is 0 Å². The summed E-state index contributed by atoms with van der Waals surface area (Å²) < 4.78 is 53.3. The normalized spacial score (nSPS) is 21.6. The lowest BCUT2D eigenvalue weighted by Crippen LogP contribution is -2.33. The van der Waals surface area contributed by atoms with Gasteiger partial charge in [-0.25, -0.2) is 28.6 Å². The van der Waals surface area contributed by atoms with Crippen LogP contribution in [-0.4, -0.2) is 97.2 Å². The van der Waals surface area contributed by atoms with Crippen LogP contribution in [0.5, 0.6) is 0 Å². The van der Waals surface area contributed by atoms with E-state index in [9.17, 15) is 53.9 Å². The predicted octanol–water partition coefficient (Wildman–Crippen LogP) is 1.27. The van der Waals surface area contributed by atoms with Crippen molar-refractivity contribution in [2.75, 3.05) is 36.1 Å². The standard InChI is InChI=1S/C22H32N9O17P3/c23-19-16-20(27-11-26-19)29(21-18(33)17(32)15(46-21)10-45-50(41,42)48-51(43,44)47-49(38,39)40)22(28-16)25-8-4-2-1-3-7-24-13-6-5-12(30(34)35)9-14(13)31(36)37/h5-6,9,11,15,17-18,21,24,32-33H,1-4,7-8,10H2,(H,25,28)(H,41,42)(H,43,44)(H2,23,26,27)(H2,38,39,40)/t15-,17?,18?,21-/m1/s1. The molecule has 0 amide bonds. The zero-order valence-corrected chi connectivity index (χ0v) is 28.5. The van der Waals surface area contributed by atoms with Crippen molar-refractivity contribution >= 4 is 63.5 Å². The summed E-state index contributed by atoms with van der Waals surface area (Å²) >= 11 is 0. The van der Waals surface area contributed by atoms with Crippen molar-refractivity contribution in [3.63, 3.8) is 0 Å². The molecule has 0 radical (unpaired) electrons. The highest BCUT2D eigenvalue weighted by Crippen LogP contribution is 2.66. The molecule has 1 aromatic carbocycles. The largest absolute Gasteiger partial charge is 0.490 e. The Bertz CT molecular complexity index is 1890. The maximum absolute atomic E-state index is 12.1. The number of benzene rings is 1. The van der Waals surface area contributed by atoms with Crippen molar-refractivity contribution in [1.29, 1.82) is 0 Å². The molecule has 29 heteroatoms. The van der Waals surface area contributed by atoms with Gasteiger partial charge in [0.05, 0.1) is 22.5 Å². The van der Waals surface area contributed by atoms with E-state index in [1.807, 2.05) is 0 Å². The minimum Gasteiger partial charge on any atom is -0.387 e. The van der Waals surface area contributed by atoms with Gasteiger partial charge >= 0.3 is 23.5 Å². The predicted molar refractivity (Wildman–Crippen MR) is 171 cm³/mol. The fourth-order valence-electron chi connectivity index (χ4n) is 4.80. The summed E-state index contributed by atoms with van der Waals surface area (Å²) in [6.45, 7) is -0.391. The van der Waals surface area contributed by atoms with E-state index in [2.05, 4.69) is 38.7 Å². The van der Waals surface area contributed by atoms with Gasteiger partial charge in [0.15, 0.2) is 23.2 Å². The maximum atomic E-state index is 12.1. The molecule has 1 aliphatic heterocycles. The van der Waals surface area contributed by atoms with Gasteiger partial charge in [-0.3, -0.25) is 29.3 Å². The third-order valence-corrected chi connectivity index (χ3v) is 10.8. The number of non-ortho nitro benzene ring substituents is 1. The number of hydrogen-bond acceptors (Lipinski definition) is 19. The molecular formula is C22H32N9O17P3. The Morgan fingerprint density at radius 2 is 1.59 bits per heavy atom. The molecule has 1 aliphatic rings. The van der Waals surface area contributed by atoms with E-state index in [0.717, 1.165) is 18.5 Å². The van der Waals surface area contributed by atoms with Gasteiger partial charge in [-0.15, -0.1) is 0 Å². The Morgan fingerprint density at radius 3 is 2.22 bits per heavy atom. The Morgan fingerprint density at radius 1 is 0.922 bits per heavy atom. The number of aliphatic hydroxyl groups excluding tert-OH is 2. The highest BCUT2D eigenvalue weighted by Gasteiger charge is 2.47. The molecule has 51 heavy (non-hydrogen) atoms. The SMILES string of the molecule is Nc1ncnc2c1nc(NCCCCCCNc1ccc([N+](=O)[O-])cc1[N+](=O)[O-])n2[C@@H]1O[C@H](COP(=O)(O)OP(=O)(O)OP(=O)(O)O)C(O)C1O. The van der Waals surface area contributed by atoms with Crippen LogP contribution in [0, 0.1) is 20.2 Å². The van der Waals surface area contributed by atoms with Crippen molar-refractivity contribution in [2.45, 2.75) is 50.2 Å². The molecule has 2 aromatic heterocycles. The molecule has 10 N–H and O–H groups in total. The van der Waals surface area contributed by atoms with Gasteiger partial charge in [-0.2, -0.15) is 8.62 Å². The average Bonchev–Trinajstić information content (AvgIpc) is 3.52. The lowest BCUT2D eigenvalue weighted by molar-refractivity contribution is -0.393. The summed E-state index contributed by atoms with van der Waals surface area (Å²) in [5.41, 5.74) is 5.41. The number of hydrogen-bond donors (Lipinski definition) is 9. The molecule has 4 unspecified atom stereocenters. The fourth-order valence-corrected chi connectivity index (χ4v) is 7.83. The number of nitrogens with two attached hydrogens (primary N) is 1. The number of anilines is 3. The molecule has 4 rings (SSSR count). The number of aliphatic hydroxyl groups is 2. The molecule has 26 nitrogen and oxygen atoms in total. The number of nitro groups is 2. The molecule has 0 bridgehead atoms. The number of ether oxygens (including phenoxy) is 1. The van der Waals surface area contributed by atoms with Crippen LogP contribution < -0.4 is 16.4 Å². The second kappa shape index (κ2) is 16.3. The van der Waals surface area contributed by atoms with Crippen LogP contribution >= 0.6 is 23.5 Å². The molecule has 0 aliphatic carbocycles. The third kappa shape index (κ3) is 10.6. The number of nitrogens with one attached hydrogen (secondary N) is 2. The number of unbranched alkanes of at least 4 members (excludes halogenated alkanes) is 3. The van der Waals surface area contributed by atoms with Gasteiger partial charge in [0, 0.05) is 19.2 Å². The van der Waals surface area contributed by atoms with E-state index in [4.69, 9.17) is 20.3 Å². The molecule has 0 saturated carbocycles. The molecule has 3 heterocycles. The summed E-state index contributed by atoms with van der Waals surface area (Å²) in [4.78, 5) is 69.6. The van der Waals surface area contributed by atoms with Crippen molar-refractivity contribution < 1.29 is 71.2 Å². The van der Waals surface area contributed by atoms with E-state index in [0.29, 0.717) is 38.8 Å². The summed E-state index contributed by atoms with van der Waals surface area (Å²) in [5, 5.41) is 49.6. The van der Waals surface area contributed by atoms with Crippen LogP contribution in [0.15, 0.2) is 24.5 Å². The number of nitrogens with zero attached hydrogens (tertiary/aromatic N) is 6. The second-order valence-electron chi connectivity index (χ2n) is 10.7. The van der Waals surface area contributed by atoms with E-state index >= 15 is 0 Å². The van der Waals surface area contributed by atoms with Gasteiger partial charge < -0.3 is 50.9 Å². The first-order valence-corrected chi connectivity index (χ1v) is 19.0. The molecule has 1 saturated heterocycles. The van der Waals surface area contributed by atoms with Crippen LogP contribution in [0.1, 0.15) is 31.9 Å². The molecule has 0 spiro atoms. The van der Waals surface area contributed by atoms with E-state index in [1.54, 1.807) is 0 Å². The number of aromatic nitrogens is 4. The Balaban J connectivity index is 1.34. The highest BCUT2D eigenvalue weighted by atomic mass is 31.3. The van der Waals surface area contributed by atoms with Crippen LogP contribution in [0.4, 0.5) is 28.8 Å². The van der Waals surface area contributed by atoms with Crippen LogP contribution in [0.2, 0.25) is 0 Å². The molecular weight excluding hydrogens is 755 g/mol. The minimum absolute atomic E-state index is 0.0418. The molecule has 1 fully saturated rings. The smallest absolute Gasteiger partial charge is 0.387 e. The number of phosphoric ester groups is 1. The zero-order chi connectivity index (χ0) is 37.7. The van der Waals surface area contributed by atoms with Crippen molar-refractivity contribution in [2.24, 2.45) is 0 Å². The number of nitro benzene ring substituents is 2. The Hall–Kier alpha value is -3.74. The van der Waals surface area contributed by atoms with Crippen LogP contribution in [-0.2, 0) is 31.6 Å². The van der Waals surface area contributed by atoms with Crippen LogP contribution in [0.25, 0.3) is 11.2 Å². The van der Waals surface area contributed by atoms with Crippen molar-refractivity contribution in [3.05, 3.63) is 44.8 Å². The first kappa shape index (κ1) is 40.0. The first-order valence-electron chi connectivity index (χ1n) is 14.5. The van der Waals surface area contributed by atoms with E-state index in [1.165, 1.54) is 10.6 Å². The Labute approximate surface area is 285 Å². The summed E-state index contributed by atoms with van der Waals surface area (Å²) in [6, 6.07) is 3.31. The third-order valence-electron chi connectivity index (χ3n) is 7.01. The summed E-state index contributed by atoms with van der Waals surface area (Å²) in [5.74, 6) is 0.0222. The topological polar surface area (TPSA) is 389 Å². The van der Waals surface area contributed by atoms with Crippen molar-refractivity contribution in [1.82, 2.24) is 19.5 Å². The van der Waals surface area contributed by atoms with Crippen LogP contribution in [0.3, 0.4) is 0 Å². The highest BCUT2D eigenvalue weighted by molar-refractivity contribution is 7.66. The van der Waals surface area contributed by atoms with Gasteiger partial charge in [0.2, 0.25) is 5.95 Å². The monoisotopic (exact) mass is 787 g/mol. The average molecular weight is 787 g/mol. The zero-order valence-electron chi connectivity index (χ0n) is 25.8. The summed E-state index contributed by atoms with van der Waals surface area (Å²) in [6.07, 6.45) is -2.97. The quantitative estimate of drug-likeness (QED) is 0.0357. The van der Waals surface area contributed by atoms with Gasteiger partial charge in [0.25, 0.3) is 11.4 Å². The van der Waals surface area contributed by atoms with E-state index in [-0.39, 0.29) is 28.6 Å². The number of nitrogen functional groups attached to an aromatic ring is 1. The second-order valence-corrected chi connectivity index (χ2v) is 15.1. The van der Waals surface area contributed by atoms with Gasteiger partial charge in [0.1, 0.15) is 30.3 Å². The molecule has 282 valence electrons. The van der Waals surface area contributed by atoms with Gasteiger partial charge in [-0.1, -0.05) is 12.8 Å². The number of imidazole rings is 1. The Kier molecular flexibility index (Phi) is 12.8. The first-order chi connectivity index (χ1) is 23.8. The minimum atomic E-state index is -5.80. The number of fused-ring (bicyclic) bond motifs is 1. The van der Waals surface area contributed by atoms with Gasteiger partial charge in [-0.05, 0) is 18.9 Å². The fraction of sp³-hybridized carbons (Fsp3) is 0.500. The maximum Gasteiger partial charge on any atom is 0.490 e. The molecule has 3 aromatic rings. The lowest BCUT2D eigenvalue weighted by Gasteiger charge is -2.20. The number of phosphoric acid groups is 3. The molecule has 6 atom stereocenters.